The number of nitrogens with one attached hydrogen (secondary N) is 2. The number of aryl methyl sites for hydroxylation is 1. The molecule has 1 aliphatic heterocycles. The summed E-state index contributed by atoms with van der Waals surface area (Å²) >= 11 is 0. The lowest BCUT2D eigenvalue weighted by molar-refractivity contribution is -0.169. The molecule has 0 saturated carbocycles. The maximum absolute atomic E-state index is 12.8. The minimum Gasteiger partial charge on any atom is -0.383 e. The van der Waals surface area contributed by atoms with E-state index >= 15 is 0 Å². The number of carbonyl (C=O) groups excluding carboxylic acids is 3. The number of amidine groups is 1. The highest BCUT2D eigenvalue weighted by molar-refractivity contribution is 6.05. The number of hydrogen-bond acceptors (Lipinski definition) is 5. The molecule has 0 spiro atoms. The molecule has 1 aliphatic rings. The maximum Gasteiger partial charge on any atom is 0.473 e. The fourth-order valence-corrected chi connectivity index (χ4v) is 3.15. The topological polar surface area (TPSA) is 144 Å². The van der Waals surface area contributed by atoms with E-state index in [2.05, 4.69) is 20.7 Å². The van der Waals surface area contributed by atoms with Crippen molar-refractivity contribution in [3.8, 4) is 0 Å². The monoisotopic (exact) mass is 481 g/mol. The molecule has 0 bridgehead atoms. The van der Waals surface area contributed by atoms with Crippen molar-refractivity contribution in [3.05, 3.63) is 47.8 Å². The third kappa shape index (κ3) is 6.10. The molecule has 11 nitrogen and oxygen atoms in total. The van der Waals surface area contributed by atoms with Crippen molar-refractivity contribution in [3.63, 3.8) is 0 Å². The average molecular weight is 481 g/mol. The number of aliphatic imine (C=N–C) groups is 1. The second-order valence-electron chi connectivity index (χ2n) is 7.28. The molecule has 4 amide bonds. The Labute approximate surface area is 191 Å². The standard InChI is InChI=1S/C20H22F3N7O4/c1-29-15(6-7-26-29)17(31)25-10-14-11-34-9-8-30(14)19(33)27-13-4-2-12(3-5-13)16(24)28-18(32)20(21,22)23/h2-7,14H,8-11H2,1H3,(H,25,31)(H,27,33)(H2,24,28,32)/t14-/m1/s1. The number of urea groups is 1. The molecule has 1 aromatic carbocycles. The highest BCUT2D eigenvalue weighted by atomic mass is 19.4. The molecule has 0 aliphatic carbocycles. The van der Waals surface area contributed by atoms with Gasteiger partial charge in [-0.15, -0.1) is 0 Å². The predicted octanol–water partition coefficient (Wildman–Crippen LogP) is 0.877. The van der Waals surface area contributed by atoms with E-state index in [1.807, 2.05) is 0 Å². The first-order valence-electron chi connectivity index (χ1n) is 10.0. The number of ether oxygens (including phenoxy) is 1. The summed E-state index contributed by atoms with van der Waals surface area (Å²) in [7, 11) is 1.64. The maximum atomic E-state index is 12.8. The molecule has 2 aromatic rings. The first-order chi connectivity index (χ1) is 16.1. The number of amides is 4. The summed E-state index contributed by atoms with van der Waals surface area (Å²) in [4.78, 5) is 40.4. The van der Waals surface area contributed by atoms with E-state index in [9.17, 15) is 27.6 Å². The van der Waals surface area contributed by atoms with Gasteiger partial charge in [-0.2, -0.15) is 23.3 Å². The van der Waals surface area contributed by atoms with Crippen LogP contribution in [0.3, 0.4) is 0 Å². The van der Waals surface area contributed by atoms with Crippen LogP contribution in [-0.2, 0) is 16.6 Å². The molecule has 0 radical (unpaired) electrons. The van der Waals surface area contributed by atoms with Crippen LogP contribution in [0.15, 0.2) is 41.5 Å². The van der Waals surface area contributed by atoms with Gasteiger partial charge in [0.05, 0.1) is 19.3 Å². The second kappa shape index (κ2) is 10.3. The number of aromatic nitrogens is 2. The molecule has 1 aromatic heterocycles. The number of benzene rings is 1. The number of alkyl halides is 3. The number of anilines is 1. The van der Waals surface area contributed by atoms with E-state index in [1.165, 1.54) is 40.0 Å². The third-order valence-corrected chi connectivity index (χ3v) is 4.94. The van der Waals surface area contributed by atoms with Gasteiger partial charge in [-0.25, -0.2) is 4.79 Å². The quantitative estimate of drug-likeness (QED) is 0.427. The number of rotatable bonds is 5. The van der Waals surface area contributed by atoms with Gasteiger partial charge >= 0.3 is 18.1 Å². The Kier molecular flexibility index (Phi) is 7.50. The minimum atomic E-state index is -5.12. The predicted molar refractivity (Wildman–Crippen MR) is 114 cm³/mol. The van der Waals surface area contributed by atoms with Crippen LogP contribution < -0.4 is 16.4 Å². The fourth-order valence-electron chi connectivity index (χ4n) is 3.15. The molecule has 14 heteroatoms. The Hall–Kier alpha value is -3.94. The Balaban J connectivity index is 1.60. The first kappa shape index (κ1) is 24.7. The Bertz CT molecular complexity index is 1080. The number of halogens is 3. The van der Waals surface area contributed by atoms with Gasteiger partial charge in [-0.05, 0) is 30.3 Å². The summed E-state index contributed by atoms with van der Waals surface area (Å²) < 4.78 is 43.8. The minimum absolute atomic E-state index is 0.0812. The highest BCUT2D eigenvalue weighted by Gasteiger charge is 2.38. The van der Waals surface area contributed by atoms with Crippen molar-refractivity contribution >= 4 is 29.4 Å². The molecule has 4 N–H and O–H groups in total. The average Bonchev–Trinajstić information content (AvgIpc) is 3.23. The number of hydrogen-bond donors (Lipinski definition) is 3. The summed E-state index contributed by atoms with van der Waals surface area (Å²) in [6.45, 7) is 0.975. The normalized spacial score (nSPS) is 16.8. The molecule has 2 heterocycles. The zero-order chi connectivity index (χ0) is 24.9. The molecular weight excluding hydrogens is 459 g/mol. The van der Waals surface area contributed by atoms with Crippen LogP contribution >= 0.6 is 0 Å². The summed E-state index contributed by atoms with van der Waals surface area (Å²) in [5.74, 6) is -3.25. The Morgan fingerprint density at radius 2 is 1.94 bits per heavy atom. The van der Waals surface area contributed by atoms with Crippen LogP contribution in [0.2, 0.25) is 0 Å². The van der Waals surface area contributed by atoms with E-state index in [0.29, 0.717) is 18.0 Å². The van der Waals surface area contributed by atoms with Gasteiger partial charge in [0.1, 0.15) is 11.5 Å². The fraction of sp³-hybridized carbons (Fsp3) is 0.350. The van der Waals surface area contributed by atoms with Gasteiger partial charge in [0.15, 0.2) is 0 Å². The van der Waals surface area contributed by atoms with Crippen molar-refractivity contribution in [1.29, 1.82) is 0 Å². The van der Waals surface area contributed by atoms with Crippen LogP contribution in [0, 0.1) is 0 Å². The largest absolute Gasteiger partial charge is 0.473 e. The van der Waals surface area contributed by atoms with Crippen LogP contribution in [0.4, 0.5) is 23.7 Å². The molecule has 1 atom stereocenters. The Morgan fingerprint density at radius 3 is 2.56 bits per heavy atom. The number of nitrogens with two attached hydrogens (primary N) is 1. The second-order valence-corrected chi connectivity index (χ2v) is 7.28. The molecule has 1 saturated heterocycles. The molecule has 34 heavy (non-hydrogen) atoms. The van der Waals surface area contributed by atoms with Gasteiger partial charge in [0, 0.05) is 37.6 Å². The van der Waals surface area contributed by atoms with Gasteiger partial charge in [0.2, 0.25) is 0 Å². The molecule has 0 unspecified atom stereocenters. The van der Waals surface area contributed by atoms with Gasteiger partial charge in [-0.3, -0.25) is 14.3 Å². The van der Waals surface area contributed by atoms with E-state index in [1.54, 1.807) is 13.1 Å². The van der Waals surface area contributed by atoms with Crippen molar-refractivity contribution in [1.82, 2.24) is 20.0 Å². The van der Waals surface area contributed by atoms with E-state index in [4.69, 9.17) is 10.5 Å². The molecule has 182 valence electrons. The Morgan fingerprint density at radius 1 is 1.24 bits per heavy atom. The van der Waals surface area contributed by atoms with Crippen LogP contribution in [-0.4, -0.2) is 76.9 Å². The third-order valence-electron chi connectivity index (χ3n) is 4.94. The van der Waals surface area contributed by atoms with Crippen LogP contribution in [0.5, 0.6) is 0 Å². The van der Waals surface area contributed by atoms with Gasteiger partial charge < -0.3 is 26.0 Å². The summed E-state index contributed by atoms with van der Waals surface area (Å²) in [6.07, 6.45) is -3.62. The molecule has 3 rings (SSSR count). The van der Waals surface area contributed by atoms with Crippen LogP contribution in [0.1, 0.15) is 16.1 Å². The van der Waals surface area contributed by atoms with Crippen molar-refractivity contribution in [2.24, 2.45) is 17.8 Å². The summed E-state index contributed by atoms with van der Waals surface area (Å²) in [5.41, 5.74) is 6.25. The lowest BCUT2D eigenvalue weighted by Crippen LogP contribution is -2.54. The van der Waals surface area contributed by atoms with Gasteiger partial charge in [-0.1, -0.05) is 0 Å². The zero-order valence-electron chi connectivity index (χ0n) is 18.0. The molecule has 1 fully saturated rings. The zero-order valence-corrected chi connectivity index (χ0v) is 18.0. The van der Waals surface area contributed by atoms with E-state index in [-0.39, 0.29) is 31.2 Å². The van der Waals surface area contributed by atoms with Gasteiger partial charge in [0.25, 0.3) is 5.91 Å². The number of nitrogens with zero attached hydrogens (tertiary/aromatic N) is 4. The van der Waals surface area contributed by atoms with Crippen molar-refractivity contribution < 1.29 is 32.3 Å². The smallest absolute Gasteiger partial charge is 0.383 e. The number of morpholine rings is 1. The van der Waals surface area contributed by atoms with E-state index < -0.39 is 30.0 Å². The first-order valence-corrected chi connectivity index (χ1v) is 10.0. The van der Waals surface area contributed by atoms with Crippen molar-refractivity contribution in [2.45, 2.75) is 12.2 Å². The number of carbonyl (C=O) groups is 3. The van der Waals surface area contributed by atoms with Crippen LogP contribution in [0.25, 0.3) is 0 Å². The lowest BCUT2D eigenvalue weighted by atomic mass is 10.2. The van der Waals surface area contributed by atoms with E-state index in [0.717, 1.165) is 0 Å². The summed E-state index contributed by atoms with van der Waals surface area (Å²) in [5, 5.41) is 9.37. The lowest BCUT2D eigenvalue weighted by Gasteiger charge is -2.35. The summed E-state index contributed by atoms with van der Waals surface area (Å²) in [6, 6.07) is 6.15. The van der Waals surface area contributed by atoms with Crippen molar-refractivity contribution in [2.75, 3.05) is 31.6 Å². The molecular formula is C20H22F3N7O4. The highest BCUT2D eigenvalue weighted by Crippen LogP contribution is 2.18. The SMILES string of the molecule is Cn1nccc1C(=O)NC[C@@H]1COCCN1C(=O)Nc1ccc(C(N)=NC(=O)C(F)(F)F)cc1.